The van der Waals surface area contributed by atoms with Crippen LogP contribution in [-0.4, -0.2) is 21.0 Å². The van der Waals surface area contributed by atoms with Crippen molar-refractivity contribution >= 4 is 5.78 Å². The number of benzene rings is 1. The van der Waals surface area contributed by atoms with E-state index in [9.17, 15) is 14.3 Å². The molecule has 0 saturated heterocycles. The summed E-state index contributed by atoms with van der Waals surface area (Å²) < 4.78 is 12.6. The van der Waals surface area contributed by atoms with E-state index in [1.165, 1.54) is 12.1 Å². The van der Waals surface area contributed by atoms with Crippen LogP contribution in [0.5, 0.6) is 11.8 Å². The number of carbonyl (C=O) groups excluding carboxylic acids is 1. The lowest BCUT2D eigenvalue weighted by atomic mass is 10.1. The molecule has 0 bridgehead atoms. The van der Waals surface area contributed by atoms with Gasteiger partial charge in [-0.15, -0.1) is 0 Å². The van der Waals surface area contributed by atoms with Gasteiger partial charge in [0.1, 0.15) is 5.82 Å². The lowest BCUT2D eigenvalue weighted by molar-refractivity contribution is 0.103. The molecule has 2 aromatic rings. The molecule has 0 aliphatic heterocycles. The van der Waals surface area contributed by atoms with Crippen molar-refractivity contribution in [2.45, 2.75) is 0 Å². The van der Waals surface area contributed by atoms with Gasteiger partial charge in [0.05, 0.1) is 5.56 Å². The van der Waals surface area contributed by atoms with Gasteiger partial charge in [-0.3, -0.25) is 9.78 Å². The van der Waals surface area contributed by atoms with Crippen molar-refractivity contribution in [3.8, 4) is 11.8 Å². The summed E-state index contributed by atoms with van der Waals surface area (Å²) in [6.07, 6.45) is 0. The zero-order chi connectivity index (χ0) is 11.7. The number of hydrogen-bond donors (Lipinski definition) is 3. The van der Waals surface area contributed by atoms with E-state index in [-0.39, 0.29) is 17.0 Å². The maximum absolute atomic E-state index is 12.6. The third-order valence-corrected chi connectivity index (χ3v) is 2.13. The third kappa shape index (κ3) is 1.75. The minimum Gasteiger partial charge on any atom is -0.494 e. The van der Waals surface area contributed by atoms with Crippen LogP contribution in [0.25, 0.3) is 0 Å². The van der Waals surface area contributed by atoms with E-state index in [0.29, 0.717) is 0 Å². The van der Waals surface area contributed by atoms with E-state index in [1.807, 2.05) is 0 Å². The number of halogens is 1. The Balaban J connectivity index is 2.39. The Morgan fingerprint density at radius 1 is 1.19 bits per heavy atom. The van der Waals surface area contributed by atoms with E-state index < -0.39 is 17.5 Å². The molecule has 0 spiro atoms. The summed E-state index contributed by atoms with van der Waals surface area (Å²) >= 11 is 0. The SMILES string of the molecule is O=C(c1ccc(F)cc1)c1cc(O)[nH]c1O. The molecule has 0 atom stereocenters. The van der Waals surface area contributed by atoms with Gasteiger partial charge in [-0.25, -0.2) is 4.39 Å². The van der Waals surface area contributed by atoms with Crippen LogP contribution in [0.4, 0.5) is 4.39 Å². The van der Waals surface area contributed by atoms with Gasteiger partial charge in [-0.2, -0.15) is 0 Å². The zero-order valence-corrected chi connectivity index (χ0v) is 8.07. The van der Waals surface area contributed by atoms with Crippen LogP contribution in [0.2, 0.25) is 0 Å². The first-order valence-electron chi connectivity index (χ1n) is 4.49. The standard InChI is InChI=1S/C11H8FNO3/c12-7-3-1-6(2-4-7)10(15)8-5-9(14)13-11(8)16/h1-5,13-14,16H. The highest BCUT2D eigenvalue weighted by atomic mass is 19.1. The number of H-pyrrole nitrogens is 1. The molecule has 0 fully saturated rings. The van der Waals surface area contributed by atoms with Crippen molar-refractivity contribution in [3.63, 3.8) is 0 Å². The first-order valence-corrected chi connectivity index (χ1v) is 4.49. The Hall–Kier alpha value is -2.30. The fraction of sp³-hybridized carbons (Fsp3) is 0. The number of nitrogens with one attached hydrogen (secondary N) is 1. The van der Waals surface area contributed by atoms with Gasteiger partial charge in [-0.1, -0.05) is 0 Å². The normalized spacial score (nSPS) is 10.3. The van der Waals surface area contributed by atoms with Gasteiger partial charge in [-0.05, 0) is 24.3 Å². The minimum atomic E-state index is -0.492. The van der Waals surface area contributed by atoms with E-state index >= 15 is 0 Å². The van der Waals surface area contributed by atoms with E-state index in [1.54, 1.807) is 0 Å². The highest BCUT2D eigenvalue weighted by Gasteiger charge is 2.16. The molecule has 0 aliphatic carbocycles. The molecular formula is C11H8FNO3. The highest BCUT2D eigenvalue weighted by molar-refractivity contribution is 6.10. The summed E-state index contributed by atoms with van der Waals surface area (Å²) in [6, 6.07) is 6.02. The maximum Gasteiger partial charge on any atom is 0.202 e. The minimum absolute atomic E-state index is 0.0518. The Labute approximate surface area is 90.0 Å². The van der Waals surface area contributed by atoms with Gasteiger partial charge in [0, 0.05) is 11.6 Å². The quantitative estimate of drug-likeness (QED) is 0.677. The first-order chi connectivity index (χ1) is 7.58. The predicted molar refractivity (Wildman–Crippen MR) is 54.0 cm³/mol. The zero-order valence-electron chi connectivity index (χ0n) is 8.07. The number of aromatic hydroxyl groups is 2. The largest absolute Gasteiger partial charge is 0.494 e. The molecule has 0 aliphatic rings. The van der Waals surface area contributed by atoms with E-state index in [2.05, 4.69) is 4.98 Å². The van der Waals surface area contributed by atoms with Crippen molar-refractivity contribution in [2.24, 2.45) is 0 Å². The van der Waals surface area contributed by atoms with Crippen LogP contribution in [0.3, 0.4) is 0 Å². The monoisotopic (exact) mass is 221 g/mol. The Morgan fingerprint density at radius 3 is 2.31 bits per heavy atom. The first kappa shape index (κ1) is 10.2. The van der Waals surface area contributed by atoms with Gasteiger partial charge < -0.3 is 10.2 Å². The molecule has 0 saturated carbocycles. The number of ketones is 1. The average Bonchev–Trinajstić information content (AvgIpc) is 2.58. The number of aromatic amines is 1. The fourth-order valence-electron chi connectivity index (χ4n) is 1.36. The molecule has 1 aromatic carbocycles. The second-order valence-electron chi connectivity index (χ2n) is 3.25. The molecule has 0 unspecified atom stereocenters. The maximum atomic E-state index is 12.6. The van der Waals surface area contributed by atoms with Crippen LogP contribution >= 0.6 is 0 Å². The second-order valence-corrected chi connectivity index (χ2v) is 3.25. The summed E-state index contributed by atoms with van der Waals surface area (Å²) in [5, 5.41) is 18.4. The molecule has 82 valence electrons. The van der Waals surface area contributed by atoms with Crippen molar-refractivity contribution in [3.05, 3.63) is 47.3 Å². The highest BCUT2D eigenvalue weighted by Crippen LogP contribution is 2.24. The van der Waals surface area contributed by atoms with Crippen LogP contribution in [0.1, 0.15) is 15.9 Å². The average molecular weight is 221 g/mol. The van der Waals surface area contributed by atoms with Crippen LogP contribution in [0, 0.1) is 5.82 Å². The van der Waals surface area contributed by atoms with Crippen LogP contribution in [0.15, 0.2) is 30.3 Å². The molecule has 2 rings (SSSR count). The van der Waals surface area contributed by atoms with E-state index in [0.717, 1.165) is 18.2 Å². The van der Waals surface area contributed by atoms with Crippen LogP contribution < -0.4 is 0 Å². The van der Waals surface area contributed by atoms with Gasteiger partial charge >= 0.3 is 0 Å². The number of hydrogen-bond acceptors (Lipinski definition) is 3. The van der Waals surface area contributed by atoms with Crippen molar-refractivity contribution in [1.29, 1.82) is 0 Å². The molecule has 16 heavy (non-hydrogen) atoms. The number of carbonyl (C=O) groups is 1. The number of aromatic nitrogens is 1. The summed E-state index contributed by atoms with van der Waals surface area (Å²) in [5.74, 6) is -1.65. The predicted octanol–water partition coefficient (Wildman–Crippen LogP) is 1.80. The van der Waals surface area contributed by atoms with Crippen molar-refractivity contribution < 1.29 is 19.4 Å². The summed E-state index contributed by atoms with van der Waals surface area (Å²) in [6.45, 7) is 0. The molecule has 4 nitrogen and oxygen atoms in total. The molecule has 1 aromatic heterocycles. The Morgan fingerprint density at radius 2 is 1.81 bits per heavy atom. The van der Waals surface area contributed by atoms with Gasteiger partial charge in [0.15, 0.2) is 11.7 Å². The second kappa shape index (κ2) is 3.69. The lowest BCUT2D eigenvalue weighted by Crippen LogP contribution is -1.99. The molecule has 0 radical (unpaired) electrons. The van der Waals surface area contributed by atoms with Gasteiger partial charge in [0.2, 0.25) is 5.88 Å². The third-order valence-electron chi connectivity index (χ3n) is 2.13. The summed E-state index contributed by atoms with van der Waals surface area (Å²) in [7, 11) is 0. The topological polar surface area (TPSA) is 73.3 Å². The van der Waals surface area contributed by atoms with Crippen molar-refractivity contribution in [2.75, 3.05) is 0 Å². The Kier molecular flexibility index (Phi) is 2.36. The lowest BCUT2D eigenvalue weighted by Gasteiger charge is -1.98. The molecule has 1 heterocycles. The molecule has 0 amide bonds. The molecule has 5 heteroatoms. The summed E-state index contributed by atoms with van der Waals surface area (Å²) in [4.78, 5) is 14.0. The number of rotatable bonds is 2. The Bertz CT molecular complexity index is 531. The fourth-order valence-corrected chi connectivity index (χ4v) is 1.36. The summed E-state index contributed by atoms with van der Waals surface area (Å²) in [5.41, 5.74) is 0.180. The molecular weight excluding hydrogens is 213 g/mol. The van der Waals surface area contributed by atoms with E-state index in [4.69, 9.17) is 5.11 Å². The van der Waals surface area contributed by atoms with Crippen LogP contribution in [-0.2, 0) is 0 Å². The van der Waals surface area contributed by atoms with Gasteiger partial charge in [0.25, 0.3) is 0 Å². The van der Waals surface area contributed by atoms with Crippen molar-refractivity contribution in [1.82, 2.24) is 4.98 Å². The smallest absolute Gasteiger partial charge is 0.202 e. The molecule has 3 N–H and O–H groups in total.